The zero-order valence-corrected chi connectivity index (χ0v) is 19.2. The summed E-state index contributed by atoms with van der Waals surface area (Å²) < 4.78 is 2.29. The monoisotopic (exact) mass is 416 g/mol. The number of pyridine rings is 1. The third kappa shape index (κ3) is 3.97. The number of nitrogens with two attached hydrogens (primary N) is 1. The number of nitrogen functional groups attached to an aromatic ring is 1. The maximum absolute atomic E-state index is 9.94. The maximum atomic E-state index is 9.94. The fraction of sp³-hybridized carbons (Fsp3) is 0.385. The van der Waals surface area contributed by atoms with Gasteiger partial charge in [0.25, 0.3) is 0 Å². The van der Waals surface area contributed by atoms with E-state index in [1.165, 1.54) is 5.56 Å². The lowest BCUT2D eigenvalue weighted by Gasteiger charge is -2.19. The second-order valence-electron chi connectivity index (χ2n) is 9.51. The Morgan fingerprint density at radius 3 is 2.52 bits per heavy atom. The number of unbranched alkanes of at least 4 members (excludes halogenated alkanes) is 1. The first-order valence-electron chi connectivity index (χ1n) is 11.1. The lowest BCUT2D eigenvalue weighted by molar-refractivity contribution is 0.470. The first kappa shape index (κ1) is 21.2. The smallest absolute Gasteiger partial charge is 0.152 e. The third-order valence-corrected chi connectivity index (χ3v) is 6.00. The van der Waals surface area contributed by atoms with Gasteiger partial charge in [-0.3, -0.25) is 0 Å². The Bertz CT molecular complexity index is 1260. The second kappa shape index (κ2) is 7.88. The van der Waals surface area contributed by atoms with Crippen molar-refractivity contribution in [3.05, 3.63) is 58.9 Å². The Hall–Kier alpha value is -3.08. The van der Waals surface area contributed by atoms with Gasteiger partial charge in [0.15, 0.2) is 5.82 Å². The van der Waals surface area contributed by atoms with Crippen LogP contribution in [-0.4, -0.2) is 19.6 Å². The van der Waals surface area contributed by atoms with E-state index in [1.807, 2.05) is 19.1 Å². The van der Waals surface area contributed by atoms with E-state index in [4.69, 9.17) is 15.7 Å². The minimum Gasteiger partial charge on any atom is -0.508 e. The highest BCUT2D eigenvalue weighted by Crippen LogP contribution is 2.33. The van der Waals surface area contributed by atoms with Crippen molar-refractivity contribution in [1.82, 2.24) is 14.5 Å². The van der Waals surface area contributed by atoms with Crippen LogP contribution in [0.1, 0.15) is 63.1 Å². The molecule has 0 aliphatic carbocycles. The Morgan fingerprint density at radius 1 is 1.06 bits per heavy atom. The van der Waals surface area contributed by atoms with Gasteiger partial charge in [-0.05, 0) is 47.6 Å². The fourth-order valence-electron chi connectivity index (χ4n) is 4.12. The molecule has 0 saturated heterocycles. The number of aryl methyl sites for hydroxylation is 2. The third-order valence-electron chi connectivity index (χ3n) is 6.00. The van der Waals surface area contributed by atoms with E-state index in [2.05, 4.69) is 50.5 Å². The van der Waals surface area contributed by atoms with Gasteiger partial charge in [-0.1, -0.05) is 58.4 Å². The first-order chi connectivity index (χ1) is 14.7. The normalized spacial score (nSPS) is 12.2. The van der Waals surface area contributed by atoms with Crippen LogP contribution in [0.25, 0.3) is 21.9 Å². The first-order valence-corrected chi connectivity index (χ1v) is 11.1. The second-order valence-corrected chi connectivity index (χ2v) is 9.51. The van der Waals surface area contributed by atoms with Gasteiger partial charge in [0.2, 0.25) is 0 Å². The van der Waals surface area contributed by atoms with Crippen LogP contribution in [0, 0.1) is 6.92 Å². The summed E-state index contributed by atoms with van der Waals surface area (Å²) in [7, 11) is 0. The molecule has 2 aromatic carbocycles. The molecule has 2 heterocycles. The van der Waals surface area contributed by atoms with Crippen LogP contribution < -0.4 is 5.73 Å². The van der Waals surface area contributed by atoms with Gasteiger partial charge >= 0.3 is 0 Å². The number of nitrogens with zero attached hydrogens (tertiary/aromatic N) is 3. The molecule has 2 aromatic heterocycles. The number of phenols is 1. The van der Waals surface area contributed by atoms with E-state index in [0.717, 1.165) is 58.2 Å². The van der Waals surface area contributed by atoms with E-state index >= 15 is 0 Å². The van der Waals surface area contributed by atoms with Crippen LogP contribution in [0.15, 0.2) is 36.4 Å². The standard InChI is InChI=1S/C26H32N4O/c1-6-7-8-22-29-23-24(30(22)15-17-9-12-21(31)16(2)13-17)19-11-10-18(26(3,4)5)14-20(19)28-25(23)27/h9-14,31H,6-8,15H2,1-5H3,(H2,27,28). The van der Waals surface area contributed by atoms with Crippen LogP contribution in [-0.2, 0) is 18.4 Å². The van der Waals surface area contributed by atoms with E-state index in [9.17, 15) is 5.11 Å². The highest BCUT2D eigenvalue weighted by atomic mass is 16.3. The van der Waals surface area contributed by atoms with Crippen molar-refractivity contribution in [3.8, 4) is 5.75 Å². The van der Waals surface area contributed by atoms with Crippen LogP contribution in [0.2, 0.25) is 0 Å². The van der Waals surface area contributed by atoms with E-state index in [0.29, 0.717) is 18.1 Å². The zero-order chi connectivity index (χ0) is 22.3. The van der Waals surface area contributed by atoms with Crippen LogP contribution >= 0.6 is 0 Å². The molecule has 0 unspecified atom stereocenters. The van der Waals surface area contributed by atoms with Crippen molar-refractivity contribution in [3.63, 3.8) is 0 Å². The molecule has 0 bridgehead atoms. The summed E-state index contributed by atoms with van der Waals surface area (Å²) in [6.45, 7) is 11.4. The number of hydrogen-bond acceptors (Lipinski definition) is 4. The van der Waals surface area contributed by atoms with Gasteiger partial charge in [0.1, 0.15) is 17.1 Å². The highest BCUT2D eigenvalue weighted by Gasteiger charge is 2.20. The molecular weight excluding hydrogens is 384 g/mol. The summed E-state index contributed by atoms with van der Waals surface area (Å²) in [6.07, 6.45) is 3.06. The predicted octanol–water partition coefficient (Wildman–Crippen LogP) is 5.87. The minimum absolute atomic E-state index is 0.0374. The summed E-state index contributed by atoms with van der Waals surface area (Å²) >= 11 is 0. The molecule has 0 amide bonds. The lowest BCUT2D eigenvalue weighted by atomic mass is 9.86. The summed E-state index contributed by atoms with van der Waals surface area (Å²) in [5.41, 5.74) is 12.4. The Kier molecular flexibility index (Phi) is 5.38. The minimum atomic E-state index is 0.0374. The SMILES string of the molecule is CCCCc1nc2c(N)nc3cc(C(C)(C)C)ccc3c2n1Cc1ccc(O)c(C)c1. The molecule has 5 heteroatoms. The number of phenolic OH excluding ortho intramolecular Hbond substituents is 1. The highest BCUT2D eigenvalue weighted by molar-refractivity contribution is 6.06. The Morgan fingerprint density at radius 2 is 1.84 bits per heavy atom. The average molecular weight is 417 g/mol. The number of hydrogen-bond donors (Lipinski definition) is 2. The predicted molar refractivity (Wildman–Crippen MR) is 129 cm³/mol. The molecule has 0 atom stereocenters. The molecular formula is C26H32N4O. The quantitative estimate of drug-likeness (QED) is 0.426. The van der Waals surface area contributed by atoms with Crippen LogP contribution in [0.5, 0.6) is 5.75 Å². The number of benzene rings is 2. The molecule has 31 heavy (non-hydrogen) atoms. The molecule has 0 saturated carbocycles. The number of rotatable bonds is 5. The summed E-state index contributed by atoms with van der Waals surface area (Å²) in [6, 6.07) is 12.3. The van der Waals surface area contributed by atoms with Gasteiger partial charge in [0.05, 0.1) is 11.0 Å². The molecule has 4 aromatic rings. The number of aromatic nitrogens is 3. The topological polar surface area (TPSA) is 77.0 Å². The number of aromatic hydroxyl groups is 1. The van der Waals surface area contributed by atoms with E-state index in [-0.39, 0.29) is 5.41 Å². The van der Waals surface area contributed by atoms with Gasteiger partial charge in [-0.25, -0.2) is 9.97 Å². The summed E-state index contributed by atoms with van der Waals surface area (Å²) in [5, 5.41) is 11.0. The molecule has 0 aliphatic rings. The van der Waals surface area contributed by atoms with Crippen molar-refractivity contribution >= 4 is 27.8 Å². The van der Waals surface area contributed by atoms with Crippen molar-refractivity contribution in [2.75, 3.05) is 5.73 Å². The molecule has 3 N–H and O–H groups in total. The van der Waals surface area contributed by atoms with E-state index in [1.54, 1.807) is 6.07 Å². The number of imidazole rings is 1. The molecule has 0 fully saturated rings. The van der Waals surface area contributed by atoms with Crippen molar-refractivity contribution in [1.29, 1.82) is 0 Å². The molecule has 0 aliphatic heterocycles. The molecule has 4 rings (SSSR count). The fourth-order valence-corrected chi connectivity index (χ4v) is 4.12. The lowest BCUT2D eigenvalue weighted by Crippen LogP contribution is -2.11. The van der Waals surface area contributed by atoms with Gasteiger partial charge in [0, 0.05) is 18.4 Å². The molecule has 0 radical (unpaired) electrons. The Balaban J connectivity index is 1.96. The van der Waals surface area contributed by atoms with Gasteiger partial charge in [-0.2, -0.15) is 0 Å². The summed E-state index contributed by atoms with van der Waals surface area (Å²) in [5.74, 6) is 1.83. The summed E-state index contributed by atoms with van der Waals surface area (Å²) in [4.78, 5) is 9.65. The zero-order valence-electron chi connectivity index (χ0n) is 19.2. The Labute approximate surface area is 183 Å². The van der Waals surface area contributed by atoms with Crippen molar-refractivity contribution in [2.24, 2.45) is 0 Å². The van der Waals surface area contributed by atoms with Gasteiger partial charge in [-0.15, -0.1) is 0 Å². The average Bonchev–Trinajstić information content (AvgIpc) is 3.07. The van der Waals surface area contributed by atoms with E-state index < -0.39 is 0 Å². The van der Waals surface area contributed by atoms with Gasteiger partial charge < -0.3 is 15.4 Å². The molecule has 5 nitrogen and oxygen atoms in total. The molecule has 162 valence electrons. The number of anilines is 1. The maximum Gasteiger partial charge on any atom is 0.152 e. The van der Waals surface area contributed by atoms with Crippen molar-refractivity contribution < 1.29 is 5.11 Å². The number of fused-ring (bicyclic) bond motifs is 3. The van der Waals surface area contributed by atoms with Crippen LogP contribution in [0.3, 0.4) is 0 Å². The molecule has 0 spiro atoms. The van der Waals surface area contributed by atoms with Crippen molar-refractivity contribution in [2.45, 2.75) is 65.8 Å². The largest absolute Gasteiger partial charge is 0.508 e. The van der Waals surface area contributed by atoms with Crippen LogP contribution in [0.4, 0.5) is 5.82 Å².